The zero-order valence-electron chi connectivity index (χ0n) is 14.4. The summed E-state index contributed by atoms with van der Waals surface area (Å²) in [5.41, 5.74) is 3.01. The third kappa shape index (κ3) is 5.66. The molecule has 0 bridgehead atoms. The first kappa shape index (κ1) is 19.6. The lowest BCUT2D eigenvalue weighted by molar-refractivity contribution is -0.123. The number of hydrogen-bond acceptors (Lipinski definition) is 6. The Hall–Kier alpha value is -2.74. The predicted molar refractivity (Wildman–Crippen MR) is 101 cm³/mol. The highest BCUT2D eigenvalue weighted by molar-refractivity contribution is 9.10. The molecule has 0 aliphatic heterocycles. The number of carbonyl (C=O) groups excluding carboxylic acids is 1. The lowest BCUT2D eigenvalue weighted by atomic mass is 10.2. The van der Waals surface area contributed by atoms with Gasteiger partial charge in [-0.25, -0.2) is 5.43 Å². The zero-order chi connectivity index (χ0) is 18.9. The first-order chi connectivity index (χ1) is 12.5. The van der Waals surface area contributed by atoms with Crippen LogP contribution in [0.4, 0.5) is 0 Å². The quantitative estimate of drug-likeness (QED) is 0.503. The fraction of sp³-hybridized carbons (Fsp3) is 0.222. The predicted octanol–water partition coefficient (Wildman–Crippen LogP) is 3.09. The van der Waals surface area contributed by atoms with Gasteiger partial charge in [-0.3, -0.25) is 4.79 Å². The molecule has 1 amide bonds. The molecule has 0 atom stereocenters. The highest BCUT2D eigenvalue weighted by Crippen LogP contribution is 2.34. The van der Waals surface area contributed by atoms with E-state index in [2.05, 4.69) is 26.5 Å². The summed E-state index contributed by atoms with van der Waals surface area (Å²) in [6.07, 6.45) is 1.43. The van der Waals surface area contributed by atoms with E-state index < -0.39 is 5.91 Å². The third-order valence-electron chi connectivity index (χ3n) is 3.18. The Labute approximate surface area is 159 Å². The molecule has 2 N–H and O–H groups in total. The summed E-state index contributed by atoms with van der Waals surface area (Å²) in [7, 11) is 1.45. The number of carbonyl (C=O) groups is 1. The van der Waals surface area contributed by atoms with Crippen LogP contribution in [-0.4, -0.2) is 37.6 Å². The summed E-state index contributed by atoms with van der Waals surface area (Å²) in [6, 6.07) is 10.2. The van der Waals surface area contributed by atoms with Crippen LogP contribution in [0, 0.1) is 0 Å². The van der Waals surface area contributed by atoms with E-state index in [1.165, 1.54) is 13.3 Å². The number of ether oxygens (including phenoxy) is 3. The number of hydrogen-bond donors (Lipinski definition) is 2. The first-order valence-corrected chi connectivity index (χ1v) is 8.56. The normalized spacial score (nSPS) is 10.6. The summed E-state index contributed by atoms with van der Waals surface area (Å²) in [4.78, 5) is 11.8. The molecule has 7 nitrogen and oxygen atoms in total. The van der Waals surface area contributed by atoms with Crippen molar-refractivity contribution in [1.29, 1.82) is 0 Å². The van der Waals surface area contributed by atoms with Crippen molar-refractivity contribution in [3.8, 4) is 23.0 Å². The number of aromatic hydroxyl groups is 1. The Morgan fingerprint density at radius 2 is 1.88 bits per heavy atom. The van der Waals surface area contributed by atoms with Crippen LogP contribution in [0.15, 0.2) is 46.0 Å². The van der Waals surface area contributed by atoms with Gasteiger partial charge in [-0.15, -0.1) is 0 Å². The van der Waals surface area contributed by atoms with Gasteiger partial charge >= 0.3 is 0 Å². The van der Waals surface area contributed by atoms with E-state index in [-0.39, 0.29) is 12.4 Å². The minimum atomic E-state index is -0.403. The smallest absolute Gasteiger partial charge is 0.277 e. The summed E-state index contributed by atoms with van der Waals surface area (Å²) < 4.78 is 16.2. The number of methoxy groups -OCH3 is 1. The maximum absolute atomic E-state index is 11.8. The fourth-order valence-corrected chi connectivity index (χ4v) is 2.44. The Balaban J connectivity index is 1.84. The molecule has 0 unspecified atom stereocenters. The Bertz CT molecular complexity index is 778. The van der Waals surface area contributed by atoms with Crippen LogP contribution in [-0.2, 0) is 4.79 Å². The molecular weight excluding hydrogens is 404 g/mol. The van der Waals surface area contributed by atoms with E-state index in [0.717, 1.165) is 5.75 Å². The van der Waals surface area contributed by atoms with Crippen LogP contribution in [0.5, 0.6) is 23.0 Å². The topological polar surface area (TPSA) is 89.4 Å². The van der Waals surface area contributed by atoms with Crippen molar-refractivity contribution in [2.75, 3.05) is 20.3 Å². The molecule has 0 spiro atoms. The second-order valence-electron chi connectivity index (χ2n) is 5.04. The van der Waals surface area contributed by atoms with Crippen molar-refractivity contribution in [1.82, 2.24) is 5.43 Å². The van der Waals surface area contributed by atoms with Gasteiger partial charge < -0.3 is 19.3 Å². The maximum atomic E-state index is 11.8. The van der Waals surface area contributed by atoms with Crippen LogP contribution in [0.1, 0.15) is 12.5 Å². The maximum Gasteiger partial charge on any atom is 0.277 e. The minimum Gasteiger partial charge on any atom is -0.503 e. The van der Waals surface area contributed by atoms with Crippen molar-refractivity contribution in [3.63, 3.8) is 0 Å². The summed E-state index contributed by atoms with van der Waals surface area (Å²) in [6.45, 7) is 2.32. The van der Waals surface area contributed by atoms with Crippen molar-refractivity contribution in [2.45, 2.75) is 6.92 Å². The van der Waals surface area contributed by atoms with Crippen LogP contribution in [0.2, 0.25) is 0 Å². The van der Waals surface area contributed by atoms with Crippen LogP contribution in [0.25, 0.3) is 0 Å². The van der Waals surface area contributed by atoms with Gasteiger partial charge in [0.25, 0.3) is 5.91 Å². The van der Waals surface area contributed by atoms with Gasteiger partial charge in [0, 0.05) is 0 Å². The zero-order valence-corrected chi connectivity index (χ0v) is 15.9. The molecule has 0 radical (unpaired) electrons. The number of nitrogens with zero attached hydrogens (tertiary/aromatic N) is 1. The molecule has 0 saturated carbocycles. The second-order valence-corrected chi connectivity index (χ2v) is 5.89. The number of nitrogens with one attached hydrogen (secondary N) is 1. The molecule has 2 rings (SSSR count). The molecule has 0 aromatic heterocycles. The van der Waals surface area contributed by atoms with Gasteiger partial charge in [0.1, 0.15) is 11.5 Å². The summed E-state index contributed by atoms with van der Waals surface area (Å²) in [5.74, 6) is 1.19. The number of phenols is 1. The molecule has 8 heteroatoms. The number of phenolic OH excluding ortho intramolecular Hbond substituents is 1. The number of hydrazone groups is 1. The van der Waals surface area contributed by atoms with E-state index in [1.54, 1.807) is 36.4 Å². The van der Waals surface area contributed by atoms with Crippen molar-refractivity contribution in [3.05, 3.63) is 46.4 Å². The Morgan fingerprint density at radius 3 is 2.50 bits per heavy atom. The van der Waals surface area contributed by atoms with Gasteiger partial charge in [0.05, 0.1) is 24.4 Å². The van der Waals surface area contributed by atoms with Gasteiger partial charge in [0.2, 0.25) is 0 Å². The molecule has 26 heavy (non-hydrogen) atoms. The highest BCUT2D eigenvalue weighted by Gasteiger charge is 2.07. The lowest BCUT2D eigenvalue weighted by Crippen LogP contribution is -2.24. The van der Waals surface area contributed by atoms with Gasteiger partial charge in [-0.05, 0) is 64.8 Å². The van der Waals surface area contributed by atoms with E-state index in [4.69, 9.17) is 14.2 Å². The lowest BCUT2D eigenvalue weighted by Gasteiger charge is -2.07. The Kier molecular flexibility index (Phi) is 7.28. The van der Waals surface area contributed by atoms with E-state index in [1.807, 2.05) is 6.92 Å². The third-order valence-corrected chi connectivity index (χ3v) is 3.78. The standard InChI is InChI=1S/C18H19BrN2O5/c1-3-25-13-4-6-14(7-5-13)26-11-17(22)21-20-10-12-8-15(19)18(23)16(9-12)24-2/h4-10,23H,3,11H2,1-2H3,(H,21,22)/b20-10+. The van der Waals surface area contributed by atoms with Crippen LogP contribution in [0.3, 0.4) is 0 Å². The van der Waals surface area contributed by atoms with Crippen LogP contribution >= 0.6 is 15.9 Å². The molecule has 0 aliphatic rings. The van der Waals surface area contributed by atoms with Crippen molar-refractivity contribution < 1.29 is 24.1 Å². The number of rotatable bonds is 8. The highest BCUT2D eigenvalue weighted by atomic mass is 79.9. The van der Waals surface area contributed by atoms with E-state index in [0.29, 0.717) is 28.1 Å². The monoisotopic (exact) mass is 422 g/mol. The number of benzene rings is 2. The number of amides is 1. The van der Waals surface area contributed by atoms with E-state index >= 15 is 0 Å². The molecule has 0 aliphatic carbocycles. The average Bonchev–Trinajstić information content (AvgIpc) is 2.64. The molecule has 2 aromatic rings. The second kappa shape index (κ2) is 9.67. The molecule has 138 valence electrons. The van der Waals surface area contributed by atoms with Crippen molar-refractivity contribution >= 4 is 28.1 Å². The van der Waals surface area contributed by atoms with E-state index in [9.17, 15) is 9.90 Å². The fourth-order valence-electron chi connectivity index (χ4n) is 1.98. The first-order valence-electron chi connectivity index (χ1n) is 7.77. The molecule has 0 heterocycles. The summed E-state index contributed by atoms with van der Waals surface area (Å²) in [5, 5.41) is 13.6. The molecular formula is C18H19BrN2O5. The van der Waals surface area contributed by atoms with Crippen LogP contribution < -0.4 is 19.6 Å². The molecule has 0 fully saturated rings. The summed E-state index contributed by atoms with van der Waals surface area (Å²) >= 11 is 3.22. The largest absolute Gasteiger partial charge is 0.503 e. The SMILES string of the molecule is CCOc1ccc(OCC(=O)N/N=C/c2cc(Br)c(O)c(OC)c2)cc1. The van der Waals surface area contributed by atoms with Gasteiger partial charge in [-0.1, -0.05) is 0 Å². The minimum absolute atomic E-state index is 0.00237. The molecule has 2 aromatic carbocycles. The average molecular weight is 423 g/mol. The van der Waals surface area contributed by atoms with Gasteiger partial charge in [-0.2, -0.15) is 5.10 Å². The Morgan fingerprint density at radius 1 is 1.23 bits per heavy atom. The molecule has 0 saturated heterocycles. The van der Waals surface area contributed by atoms with Crippen molar-refractivity contribution in [2.24, 2.45) is 5.10 Å². The van der Waals surface area contributed by atoms with Gasteiger partial charge in [0.15, 0.2) is 18.1 Å². The number of halogens is 1.